The number of hydrogen-bond acceptors (Lipinski definition) is 3. The van der Waals surface area contributed by atoms with Gasteiger partial charge in [0.25, 0.3) is 0 Å². The van der Waals surface area contributed by atoms with Crippen molar-refractivity contribution in [1.29, 1.82) is 0 Å². The van der Waals surface area contributed by atoms with E-state index in [-0.39, 0.29) is 11.7 Å². The zero-order valence-electron chi connectivity index (χ0n) is 11.3. The van der Waals surface area contributed by atoms with Crippen LogP contribution < -0.4 is 9.62 Å². The van der Waals surface area contributed by atoms with Gasteiger partial charge >= 0.3 is 0 Å². The van der Waals surface area contributed by atoms with Gasteiger partial charge in [-0.1, -0.05) is 25.1 Å². The highest BCUT2D eigenvalue weighted by Gasteiger charge is 2.14. The van der Waals surface area contributed by atoms with E-state index in [0.717, 1.165) is 5.69 Å². The number of likely N-dealkylation sites (N-methyl/N-ethyl adjacent to an activating group) is 1. The van der Waals surface area contributed by atoms with Gasteiger partial charge in [-0.15, -0.1) is 11.6 Å². The van der Waals surface area contributed by atoms with Crippen molar-refractivity contribution in [3.8, 4) is 0 Å². The first kappa shape index (κ1) is 16.3. The Bertz CT molecular complexity index is 465. The van der Waals surface area contributed by atoms with Crippen molar-refractivity contribution in [1.82, 2.24) is 4.72 Å². The van der Waals surface area contributed by atoms with Crippen LogP contribution in [0.3, 0.4) is 0 Å². The van der Waals surface area contributed by atoms with Crippen LogP contribution in [0.5, 0.6) is 0 Å². The molecular formula is C13H21ClN2O2S. The first-order chi connectivity index (χ1) is 8.94. The monoisotopic (exact) mass is 304 g/mol. The molecule has 0 spiro atoms. The molecule has 0 saturated carbocycles. The molecule has 0 aliphatic rings. The van der Waals surface area contributed by atoms with Gasteiger partial charge in [0.05, 0.1) is 5.75 Å². The highest BCUT2D eigenvalue weighted by atomic mass is 35.5. The first-order valence-electron chi connectivity index (χ1n) is 6.24. The first-order valence-corrected chi connectivity index (χ1v) is 8.43. The summed E-state index contributed by atoms with van der Waals surface area (Å²) in [5.41, 5.74) is 1.07. The molecule has 0 radical (unpaired) electrons. The summed E-state index contributed by atoms with van der Waals surface area (Å²) in [4.78, 5) is 2.01. The van der Waals surface area contributed by atoms with E-state index in [1.807, 2.05) is 49.2 Å². The minimum absolute atomic E-state index is 0.0361. The summed E-state index contributed by atoms with van der Waals surface area (Å²) < 4.78 is 26.1. The van der Waals surface area contributed by atoms with Crippen LogP contribution >= 0.6 is 11.6 Å². The molecule has 1 atom stereocenters. The molecule has 4 nitrogen and oxygen atoms in total. The van der Waals surface area contributed by atoms with Gasteiger partial charge in [-0.2, -0.15) is 0 Å². The lowest BCUT2D eigenvalue weighted by Crippen LogP contribution is -2.35. The molecule has 19 heavy (non-hydrogen) atoms. The molecular weight excluding hydrogens is 284 g/mol. The summed E-state index contributed by atoms with van der Waals surface area (Å²) in [5, 5.41) is 0. The van der Waals surface area contributed by atoms with Crippen molar-refractivity contribution in [3.63, 3.8) is 0 Å². The minimum atomic E-state index is -3.23. The molecule has 1 aromatic rings. The van der Waals surface area contributed by atoms with Crippen LogP contribution in [0, 0.1) is 5.92 Å². The van der Waals surface area contributed by atoms with Crippen LogP contribution in [0.25, 0.3) is 0 Å². The van der Waals surface area contributed by atoms with Gasteiger partial charge < -0.3 is 4.90 Å². The average molecular weight is 305 g/mol. The minimum Gasteiger partial charge on any atom is -0.373 e. The molecule has 0 fully saturated rings. The Hall–Kier alpha value is -0.780. The van der Waals surface area contributed by atoms with Crippen LogP contribution in [0.15, 0.2) is 30.3 Å². The Morgan fingerprint density at radius 2 is 1.95 bits per heavy atom. The van der Waals surface area contributed by atoms with Gasteiger partial charge in [-0.3, -0.25) is 0 Å². The fourth-order valence-corrected chi connectivity index (χ4v) is 3.28. The van der Waals surface area contributed by atoms with Crippen molar-refractivity contribution >= 4 is 27.3 Å². The summed E-state index contributed by atoms with van der Waals surface area (Å²) in [7, 11) is -1.30. The number of hydrogen-bond donors (Lipinski definition) is 1. The predicted molar refractivity (Wildman–Crippen MR) is 81.4 cm³/mol. The highest BCUT2D eigenvalue weighted by molar-refractivity contribution is 7.89. The lowest BCUT2D eigenvalue weighted by atomic mass is 10.3. The Kier molecular flexibility index (Phi) is 6.62. The molecule has 6 heteroatoms. The summed E-state index contributed by atoms with van der Waals surface area (Å²) in [6, 6.07) is 9.85. The van der Waals surface area contributed by atoms with E-state index >= 15 is 0 Å². The maximum absolute atomic E-state index is 11.7. The zero-order valence-corrected chi connectivity index (χ0v) is 12.9. The molecule has 0 saturated heterocycles. The van der Waals surface area contributed by atoms with Gasteiger partial charge in [0, 0.05) is 31.7 Å². The number of halogens is 1. The fourth-order valence-electron chi connectivity index (χ4n) is 1.66. The smallest absolute Gasteiger partial charge is 0.211 e. The van der Waals surface area contributed by atoms with E-state index in [1.165, 1.54) is 0 Å². The Morgan fingerprint density at radius 1 is 1.32 bits per heavy atom. The SMILES string of the molecule is CC(CCl)CS(=O)(=O)NCCN(C)c1ccccc1. The van der Waals surface area contributed by atoms with Crippen LogP contribution in [-0.2, 0) is 10.0 Å². The summed E-state index contributed by atoms with van der Waals surface area (Å²) in [6.45, 7) is 2.84. The Labute approximate surface area is 120 Å². The third kappa shape index (κ3) is 6.27. The van der Waals surface area contributed by atoms with Crippen LogP contribution in [0.4, 0.5) is 5.69 Å². The summed E-state index contributed by atoms with van der Waals surface area (Å²) >= 11 is 5.62. The number of benzene rings is 1. The zero-order chi connectivity index (χ0) is 14.3. The molecule has 0 heterocycles. The molecule has 0 amide bonds. The highest BCUT2D eigenvalue weighted by Crippen LogP contribution is 2.10. The standard InChI is InChI=1S/C13H21ClN2O2S/c1-12(10-14)11-19(17,18)15-8-9-16(2)13-6-4-3-5-7-13/h3-7,12,15H,8-11H2,1-2H3. The second kappa shape index (κ2) is 7.72. The lowest BCUT2D eigenvalue weighted by molar-refractivity contribution is 0.569. The van der Waals surface area contributed by atoms with E-state index in [1.54, 1.807) is 0 Å². The van der Waals surface area contributed by atoms with E-state index in [2.05, 4.69) is 4.72 Å². The van der Waals surface area contributed by atoms with Crippen LogP contribution in [0.1, 0.15) is 6.92 Å². The summed E-state index contributed by atoms with van der Waals surface area (Å²) in [6.07, 6.45) is 0. The fraction of sp³-hybridized carbons (Fsp3) is 0.538. The van der Waals surface area contributed by atoms with Gasteiger partial charge in [-0.05, 0) is 18.1 Å². The number of alkyl halides is 1. The van der Waals surface area contributed by atoms with Gasteiger partial charge in [-0.25, -0.2) is 13.1 Å². The maximum Gasteiger partial charge on any atom is 0.211 e. The third-order valence-corrected chi connectivity index (χ3v) is 4.91. The van der Waals surface area contributed by atoms with E-state index in [4.69, 9.17) is 11.6 Å². The average Bonchev–Trinajstić information content (AvgIpc) is 2.38. The number of para-hydroxylation sites is 1. The number of sulfonamides is 1. The van der Waals surface area contributed by atoms with Crippen molar-refractivity contribution in [3.05, 3.63) is 30.3 Å². The number of nitrogens with zero attached hydrogens (tertiary/aromatic N) is 1. The van der Waals surface area contributed by atoms with Crippen molar-refractivity contribution in [2.75, 3.05) is 36.7 Å². The van der Waals surface area contributed by atoms with Gasteiger partial charge in [0.2, 0.25) is 10.0 Å². The molecule has 1 rings (SSSR count). The largest absolute Gasteiger partial charge is 0.373 e. The molecule has 0 aromatic heterocycles. The van der Waals surface area contributed by atoms with Crippen molar-refractivity contribution < 1.29 is 8.42 Å². The van der Waals surface area contributed by atoms with Crippen LogP contribution in [0.2, 0.25) is 0 Å². The molecule has 1 N–H and O–H groups in total. The molecule has 0 aliphatic carbocycles. The molecule has 108 valence electrons. The van der Waals surface area contributed by atoms with E-state index < -0.39 is 10.0 Å². The van der Waals surface area contributed by atoms with Crippen molar-refractivity contribution in [2.24, 2.45) is 5.92 Å². The lowest BCUT2D eigenvalue weighted by Gasteiger charge is -2.19. The maximum atomic E-state index is 11.7. The predicted octanol–water partition coefficient (Wildman–Crippen LogP) is 1.92. The van der Waals surface area contributed by atoms with Crippen molar-refractivity contribution in [2.45, 2.75) is 6.92 Å². The number of rotatable bonds is 8. The van der Waals surface area contributed by atoms with Gasteiger partial charge in [0.15, 0.2) is 0 Å². The topological polar surface area (TPSA) is 49.4 Å². The molecule has 0 aliphatic heterocycles. The Morgan fingerprint density at radius 3 is 2.53 bits per heavy atom. The number of anilines is 1. The van der Waals surface area contributed by atoms with E-state index in [0.29, 0.717) is 19.0 Å². The second-order valence-electron chi connectivity index (χ2n) is 4.69. The molecule has 1 unspecified atom stereocenters. The quantitative estimate of drug-likeness (QED) is 0.747. The molecule has 0 bridgehead atoms. The van der Waals surface area contributed by atoms with E-state index in [9.17, 15) is 8.42 Å². The number of nitrogens with one attached hydrogen (secondary N) is 1. The second-order valence-corrected chi connectivity index (χ2v) is 6.85. The third-order valence-electron chi connectivity index (χ3n) is 2.73. The summed E-state index contributed by atoms with van der Waals surface area (Å²) in [5.74, 6) is 0.391. The normalized spacial score (nSPS) is 13.2. The molecule has 1 aromatic carbocycles. The Balaban J connectivity index is 2.38. The van der Waals surface area contributed by atoms with Gasteiger partial charge in [0.1, 0.15) is 0 Å². The van der Waals surface area contributed by atoms with Crippen LogP contribution in [-0.4, -0.2) is 40.2 Å².